The van der Waals surface area contributed by atoms with Gasteiger partial charge in [0.2, 0.25) is 0 Å². The monoisotopic (exact) mass is 403 g/mol. The summed E-state index contributed by atoms with van der Waals surface area (Å²) in [6, 6.07) is 13.7. The van der Waals surface area contributed by atoms with Crippen LogP contribution in [0.15, 0.2) is 42.5 Å². The van der Waals surface area contributed by atoms with Crippen LogP contribution in [-0.4, -0.2) is 48.5 Å². The average molecular weight is 404 g/mol. The molecule has 0 aromatic heterocycles. The Morgan fingerprint density at radius 3 is 2.68 bits per heavy atom. The molecule has 0 spiro atoms. The number of hydrogen-bond acceptors (Lipinski definition) is 4. The van der Waals surface area contributed by atoms with Crippen molar-refractivity contribution in [1.82, 2.24) is 4.90 Å². The van der Waals surface area contributed by atoms with E-state index in [2.05, 4.69) is 36.9 Å². The Hall–Kier alpha value is -1.59. The number of aryl methyl sites for hydroxylation is 2. The van der Waals surface area contributed by atoms with E-state index in [4.69, 9.17) is 21.1 Å². The van der Waals surface area contributed by atoms with Crippen LogP contribution in [0, 0.1) is 13.8 Å². The van der Waals surface area contributed by atoms with Gasteiger partial charge in [-0.25, -0.2) is 0 Å². The minimum absolute atomic E-state index is 0.245. The summed E-state index contributed by atoms with van der Waals surface area (Å²) >= 11 is 5.90. The summed E-state index contributed by atoms with van der Waals surface area (Å²) < 4.78 is 11.5. The van der Waals surface area contributed by atoms with Crippen LogP contribution in [0.2, 0.25) is 5.02 Å². The van der Waals surface area contributed by atoms with Crippen molar-refractivity contribution in [3.8, 4) is 5.75 Å². The van der Waals surface area contributed by atoms with Crippen LogP contribution in [0.4, 0.5) is 0 Å². The molecule has 2 aromatic rings. The molecule has 3 rings (SSSR count). The molecule has 0 amide bonds. The molecule has 28 heavy (non-hydrogen) atoms. The van der Waals surface area contributed by atoms with Crippen molar-refractivity contribution in [2.45, 2.75) is 45.4 Å². The zero-order valence-corrected chi connectivity index (χ0v) is 17.5. The van der Waals surface area contributed by atoms with E-state index in [1.165, 1.54) is 16.7 Å². The minimum Gasteiger partial charge on any atom is -0.491 e. The molecule has 152 valence electrons. The number of rotatable bonds is 9. The van der Waals surface area contributed by atoms with E-state index in [1.807, 2.05) is 12.1 Å². The molecule has 1 N–H and O–H groups in total. The second-order valence-corrected chi connectivity index (χ2v) is 8.11. The third-order valence-corrected chi connectivity index (χ3v) is 5.35. The zero-order valence-electron chi connectivity index (χ0n) is 16.7. The summed E-state index contributed by atoms with van der Waals surface area (Å²) in [7, 11) is 0. The van der Waals surface area contributed by atoms with Crippen LogP contribution in [0.1, 0.15) is 29.5 Å². The van der Waals surface area contributed by atoms with Gasteiger partial charge in [0.25, 0.3) is 0 Å². The van der Waals surface area contributed by atoms with Crippen molar-refractivity contribution in [2.75, 3.05) is 26.3 Å². The van der Waals surface area contributed by atoms with Gasteiger partial charge >= 0.3 is 0 Å². The lowest BCUT2D eigenvalue weighted by atomic mass is 10.0. The summed E-state index contributed by atoms with van der Waals surface area (Å²) in [5, 5.41) is 11.2. The van der Waals surface area contributed by atoms with Gasteiger partial charge in [0.15, 0.2) is 0 Å². The molecule has 1 aliphatic heterocycles. The molecule has 1 saturated heterocycles. The standard InChI is InChI=1S/C23H30ClNO3/c1-17-5-6-19(18(2)12-17)13-25(15-23-4-3-11-27-23)14-21(26)16-28-22-9-7-20(24)8-10-22/h5-10,12,21,23,26H,3-4,11,13-16H2,1-2H3/t21-,23+/m0/s1. The largest absolute Gasteiger partial charge is 0.491 e. The van der Waals surface area contributed by atoms with Crippen LogP contribution >= 0.6 is 11.6 Å². The Labute approximate surface area is 173 Å². The summed E-state index contributed by atoms with van der Waals surface area (Å²) in [6.07, 6.45) is 1.86. The van der Waals surface area contributed by atoms with E-state index in [0.29, 0.717) is 17.3 Å². The number of hydrogen-bond donors (Lipinski definition) is 1. The third kappa shape index (κ3) is 6.49. The second kappa shape index (κ2) is 10.3. The number of halogens is 1. The van der Waals surface area contributed by atoms with Gasteiger partial charge in [-0.15, -0.1) is 0 Å². The zero-order chi connectivity index (χ0) is 19.9. The second-order valence-electron chi connectivity index (χ2n) is 7.68. The highest BCUT2D eigenvalue weighted by molar-refractivity contribution is 6.30. The summed E-state index contributed by atoms with van der Waals surface area (Å²) in [5.41, 5.74) is 3.84. The third-order valence-electron chi connectivity index (χ3n) is 5.10. The van der Waals surface area contributed by atoms with E-state index >= 15 is 0 Å². The lowest BCUT2D eigenvalue weighted by Gasteiger charge is -2.28. The molecule has 0 unspecified atom stereocenters. The smallest absolute Gasteiger partial charge is 0.119 e. The van der Waals surface area contributed by atoms with Gasteiger partial charge in [-0.3, -0.25) is 4.90 Å². The minimum atomic E-state index is -0.581. The van der Waals surface area contributed by atoms with Gasteiger partial charge in [-0.1, -0.05) is 35.4 Å². The van der Waals surface area contributed by atoms with Gasteiger partial charge in [0, 0.05) is 31.3 Å². The molecule has 1 fully saturated rings. The quantitative estimate of drug-likeness (QED) is 0.674. The molecule has 4 nitrogen and oxygen atoms in total. The Morgan fingerprint density at radius 2 is 2.00 bits per heavy atom. The Morgan fingerprint density at radius 1 is 1.21 bits per heavy atom. The fourth-order valence-corrected chi connectivity index (χ4v) is 3.74. The molecule has 0 bridgehead atoms. The maximum atomic E-state index is 10.6. The number of aliphatic hydroxyl groups is 1. The van der Waals surface area contributed by atoms with Crippen molar-refractivity contribution in [3.63, 3.8) is 0 Å². The van der Waals surface area contributed by atoms with Crippen LogP contribution < -0.4 is 4.74 Å². The first kappa shape index (κ1) is 21.1. The van der Waals surface area contributed by atoms with Crippen molar-refractivity contribution in [1.29, 1.82) is 0 Å². The van der Waals surface area contributed by atoms with Crippen LogP contribution in [0.3, 0.4) is 0 Å². The molecule has 0 radical (unpaired) electrons. The molecular formula is C23H30ClNO3. The van der Waals surface area contributed by atoms with Crippen LogP contribution in [0.25, 0.3) is 0 Å². The normalized spacial score (nSPS) is 17.8. The van der Waals surface area contributed by atoms with E-state index in [0.717, 1.165) is 32.5 Å². The average Bonchev–Trinajstić information content (AvgIpc) is 3.16. The Bertz CT molecular complexity index is 744. The first-order chi connectivity index (χ1) is 13.5. The number of nitrogens with zero attached hydrogens (tertiary/aromatic N) is 1. The molecular weight excluding hydrogens is 374 g/mol. The summed E-state index contributed by atoms with van der Waals surface area (Å²) in [4.78, 5) is 2.28. The van der Waals surface area contributed by atoms with Crippen LogP contribution in [0.5, 0.6) is 5.75 Å². The Balaban J connectivity index is 1.59. The van der Waals surface area contributed by atoms with Crippen molar-refractivity contribution in [2.24, 2.45) is 0 Å². The van der Waals surface area contributed by atoms with E-state index in [-0.39, 0.29) is 12.7 Å². The first-order valence-electron chi connectivity index (χ1n) is 9.96. The molecule has 5 heteroatoms. The fourth-order valence-electron chi connectivity index (χ4n) is 3.62. The van der Waals surface area contributed by atoms with Gasteiger partial charge in [-0.05, 0) is 62.1 Å². The topological polar surface area (TPSA) is 41.9 Å². The van der Waals surface area contributed by atoms with Gasteiger partial charge in [-0.2, -0.15) is 0 Å². The number of ether oxygens (including phenoxy) is 2. The SMILES string of the molecule is Cc1ccc(CN(C[C@H](O)COc2ccc(Cl)cc2)C[C@H]2CCCO2)c(C)c1. The first-order valence-corrected chi connectivity index (χ1v) is 10.3. The lowest BCUT2D eigenvalue weighted by molar-refractivity contribution is 0.0313. The lowest BCUT2D eigenvalue weighted by Crippen LogP contribution is -2.39. The van der Waals surface area contributed by atoms with Gasteiger partial charge < -0.3 is 14.6 Å². The Kier molecular flexibility index (Phi) is 7.74. The molecule has 1 aliphatic rings. The van der Waals surface area contributed by atoms with Crippen molar-refractivity contribution in [3.05, 3.63) is 64.2 Å². The van der Waals surface area contributed by atoms with Crippen molar-refractivity contribution >= 4 is 11.6 Å². The van der Waals surface area contributed by atoms with E-state index in [1.54, 1.807) is 12.1 Å². The summed E-state index contributed by atoms with van der Waals surface area (Å²) in [6.45, 7) is 7.50. The van der Waals surface area contributed by atoms with E-state index in [9.17, 15) is 5.11 Å². The highest BCUT2D eigenvalue weighted by Crippen LogP contribution is 2.19. The van der Waals surface area contributed by atoms with Gasteiger partial charge in [0.1, 0.15) is 18.5 Å². The number of benzene rings is 2. The maximum absolute atomic E-state index is 10.6. The molecule has 2 atom stereocenters. The molecule has 0 saturated carbocycles. The van der Waals surface area contributed by atoms with Gasteiger partial charge in [0.05, 0.1) is 6.10 Å². The molecule has 2 aromatic carbocycles. The molecule has 0 aliphatic carbocycles. The van der Waals surface area contributed by atoms with E-state index < -0.39 is 6.10 Å². The number of aliphatic hydroxyl groups excluding tert-OH is 1. The molecule has 1 heterocycles. The fraction of sp³-hybridized carbons (Fsp3) is 0.478. The highest BCUT2D eigenvalue weighted by Gasteiger charge is 2.22. The highest BCUT2D eigenvalue weighted by atomic mass is 35.5. The predicted molar refractivity (Wildman–Crippen MR) is 113 cm³/mol. The predicted octanol–water partition coefficient (Wildman–Crippen LogP) is 4.38. The van der Waals surface area contributed by atoms with Crippen molar-refractivity contribution < 1.29 is 14.6 Å². The van der Waals surface area contributed by atoms with Crippen LogP contribution in [-0.2, 0) is 11.3 Å². The maximum Gasteiger partial charge on any atom is 0.119 e. The summed E-state index contributed by atoms with van der Waals surface area (Å²) in [5.74, 6) is 0.712.